The molecule has 1 unspecified atom stereocenters. The highest BCUT2D eigenvalue weighted by Gasteiger charge is 2.31. The molecule has 0 saturated carbocycles. The molecule has 0 bridgehead atoms. The van der Waals surface area contributed by atoms with E-state index < -0.39 is 0 Å². The van der Waals surface area contributed by atoms with Crippen LogP contribution in [0.3, 0.4) is 0 Å². The molecule has 5 aromatic rings. The van der Waals surface area contributed by atoms with Gasteiger partial charge < -0.3 is 10.4 Å². The normalized spacial score (nSPS) is 15.1. The highest BCUT2D eigenvalue weighted by atomic mass is 16.1. The Balaban J connectivity index is 1.71. The molecular formula is C24H18N4O. The van der Waals surface area contributed by atoms with Crippen molar-refractivity contribution in [2.45, 2.75) is 13.0 Å². The molecular weight excluding hydrogens is 360 g/mol. The summed E-state index contributed by atoms with van der Waals surface area (Å²) < 4.78 is 1.59. The summed E-state index contributed by atoms with van der Waals surface area (Å²) in [6.45, 7) is 2.07. The van der Waals surface area contributed by atoms with E-state index in [1.807, 2.05) is 36.4 Å². The molecule has 0 radical (unpaired) electrons. The van der Waals surface area contributed by atoms with E-state index in [2.05, 4.69) is 53.7 Å². The third-order valence-corrected chi connectivity index (χ3v) is 5.70. The van der Waals surface area contributed by atoms with Gasteiger partial charge in [0.2, 0.25) is 0 Å². The molecule has 5 nitrogen and oxygen atoms in total. The lowest BCUT2D eigenvalue weighted by Gasteiger charge is -2.29. The summed E-state index contributed by atoms with van der Waals surface area (Å²) in [4.78, 5) is 21.6. The van der Waals surface area contributed by atoms with Gasteiger partial charge in [0.25, 0.3) is 5.56 Å². The average molecular weight is 378 g/mol. The Kier molecular flexibility index (Phi) is 3.23. The molecule has 3 heterocycles. The van der Waals surface area contributed by atoms with E-state index in [0.29, 0.717) is 16.7 Å². The Hall–Kier alpha value is -3.86. The number of hydrogen-bond acceptors (Lipinski definition) is 3. The SMILES string of the molecule is Cc1ccc(C2Nn3c(nc4ccccc4c3=O)-c3[nH]c4ccccc4c32)cc1. The topological polar surface area (TPSA) is 62.7 Å². The monoisotopic (exact) mass is 378 g/mol. The van der Waals surface area contributed by atoms with Crippen LogP contribution >= 0.6 is 0 Å². The quantitative estimate of drug-likeness (QED) is 0.451. The Bertz CT molecular complexity index is 1460. The van der Waals surface area contributed by atoms with Gasteiger partial charge in [0, 0.05) is 16.5 Å². The first-order valence-corrected chi connectivity index (χ1v) is 9.66. The summed E-state index contributed by atoms with van der Waals surface area (Å²) in [6, 6.07) is 24.0. The Morgan fingerprint density at radius 1 is 0.897 bits per heavy atom. The van der Waals surface area contributed by atoms with Crippen LogP contribution in [0.2, 0.25) is 0 Å². The van der Waals surface area contributed by atoms with E-state index in [-0.39, 0.29) is 11.6 Å². The van der Waals surface area contributed by atoms with Gasteiger partial charge in [0.1, 0.15) is 0 Å². The number of H-pyrrole nitrogens is 1. The number of aryl methyl sites for hydroxylation is 1. The van der Waals surface area contributed by atoms with Crippen LogP contribution < -0.4 is 11.0 Å². The van der Waals surface area contributed by atoms with Gasteiger partial charge in [-0.1, -0.05) is 60.2 Å². The molecule has 0 fully saturated rings. The van der Waals surface area contributed by atoms with Crippen LogP contribution in [0.1, 0.15) is 22.7 Å². The second kappa shape index (κ2) is 5.82. The number of aromatic amines is 1. The number of para-hydroxylation sites is 2. The Labute approximate surface area is 166 Å². The van der Waals surface area contributed by atoms with Crippen molar-refractivity contribution in [3.05, 3.63) is 99.8 Å². The molecule has 0 aliphatic carbocycles. The number of nitrogens with one attached hydrogen (secondary N) is 2. The number of hydrogen-bond donors (Lipinski definition) is 2. The van der Waals surface area contributed by atoms with E-state index in [4.69, 9.17) is 4.98 Å². The zero-order chi connectivity index (χ0) is 19.5. The average Bonchev–Trinajstić information content (AvgIpc) is 3.14. The lowest BCUT2D eigenvalue weighted by Crippen LogP contribution is -2.37. The van der Waals surface area contributed by atoms with Gasteiger partial charge in [-0.25, -0.2) is 9.66 Å². The van der Waals surface area contributed by atoms with Gasteiger partial charge >= 0.3 is 0 Å². The smallest absolute Gasteiger partial charge is 0.280 e. The molecule has 1 aliphatic rings. The van der Waals surface area contributed by atoms with Crippen LogP contribution in [-0.4, -0.2) is 14.6 Å². The van der Waals surface area contributed by atoms with Crippen LogP contribution in [0.25, 0.3) is 33.3 Å². The molecule has 0 spiro atoms. The molecule has 29 heavy (non-hydrogen) atoms. The molecule has 0 saturated heterocycles. The fourth-order valence-corrected chi connectivity index (χ4v) is 4.25. The van der Waals surface area contributed by atoms with Gasteiger partial charge in [0.15, 0.2) is 5.82 Å². The van der Waals surface area contributed by atoms with E-state index in [0.717, 1.165) is 27.7 Å². The van der Waals surface area contributed by atoms with Crippen LogP contribution in [0.4, 0.5) is 0 Å². The minimum Gasteiger partial charge on any atom is -0.352 e. The number of nitrogens with zero attached hydrogens (tertiary/aromatic N) is 2. The number of aromatic nitrogens is 3. The van der Waals surface area contributed by atoms with E-state index in [1.165, 1.54) is 5.56 Å². The Morgan fingerprint density at radius 3 is 2.45 bits per heavy atom. The first kappa shape index (κ1) is 16.1. The molecule has 2 N–H and O–H groups in total. The molecule has 0 amide bonds. The minimum absolute atomic E-state index is 0.0907. The lowest BCUT2D eigenvalue weighted by atomic mass is 9.94. The summed E-state index contributed by atoms with van der Waals surface area (Å²) >= 11 is 0. The molecule has 1 aliphatic heterocycles. The van der Waals surface area contributed by atoms with Gasteiger partial charge in [0.05, 0.1) is 22.6 Å². The van der Waals surface area contributed by atoms with E-state index in [1.54, 1.807) is 4.68 Å². The second-order valence-electron chi connectivity index (χ2n) is 7.53. The van der Waals surface area contributed by atoms with Crippen molar-refractivity contribution in [1.29, 1.82) is 0 Å². The van der Waals surface area contributed by atoms with Crippen LogP contribution in [0.15, 0.2) is 77.6 Å². The van der Waals surface area contributed by atoms with Crippen molar-refractivity contribution in [1.82, 2.24) is 14.6 Å². The summed E-state index contributed by atoms with van der Waals surface area (Å²) in [7, 11) is 0. The summed E-state index contributed by atoms with van der Waals surface area (Å²) in [5.41, 5.74) is 9.40. The van der Waals surface area contributed by atoms with Crippen molar-refractivity contribution in [3.8, 4) is 11.5 Å². The maximum Gasteiger partial charge on any atom is 0.280 e. The summed E-state index contributed by atoms with van der Waals surface area (Å²) in [5, 5.41) is 1.74. The predicted molar refractivity (Wildman–Crippen MR) is 116 cm³/mol. The highest BCUT2D eigenvalue weighted by molar-refractivity contribution is 5.92. The van der Waals surface area contributed by atoms with E-state index in [9.17, 15) is 4.79 Å². The van der Waals surface area contributed by atoms with Gasteiger partial charge in [-0.05, 0) is 30.7 Å². The van der Waals surface area contributed by atoms with E-state index >= 15 is 0 Å². The van der Waals surface area contributed by atoms with Gasteiger partial charge in [-0.2, -0.15) is 0 Å². The molecule has 2 aromatic heterocycles. The largest absolute Gasteiger partial charge is 0.352 e. The van der Waals surface area contributed by atoms with Crippen LogP contribution in [0, 0.1) is 6.92 Å². The minimum atomic E-state index is -0.157. The standard InChI is InChI=1S/C24H18N4O/c1-14-10-12-15(13-11-14)21-20-16-6-2-4-8-18(16)25-22(20)23-26-19-9-5-3-7-17(19)24(29)28(23)27-21/h2-13,21,25,27H,1H3. The molecule has 5 heteroatoms. The third-order valence-electron chi connectivity index (χ3n) is 5.70. The predicted octanol–water partition coefficient (Wildman–Crippen LogP) is 4.50. The fraction of sp³-hybridized carbons (Fsp3) is 0.0833. The fourth-order valence-electron chi connectivity index (χ4n) is 4.25. The maximum absolute atomic E-state index is 13.3. The zero-order valence-corrected chi connectivity index (χ0v) is 15.8. The molecule has 140 valence electrons. The zero-order valence-electron chi connectivity index (χ0n) is 15.8. The van der Waals surface area contributed by atoms with Crippen LogP contribution in [0.5, 0.6) is 0 Å². The molecule has 6 rings (SSSR count). The first-order valence-electron chi connectivity index (χ1n) is 9.66. The number of benzene rings is 3. The van der Waals surface area contributed by atoms with Crippen molar-refractivity contribution in [3.63, 3.8) is 0 Å². The van der Waals surface area contributed by atoms with Crippen LogP contribution in [-0.2, 0) is 0 Å². The maximum atomic E-state index is 13.3. The first-order chi connectivity index (χ1) is 14.2. The Morgan fingerprint density at radius 2 is 1.62 bits per heavy atom. The van der Waals surface area contributed by atoms with Gasteiger partial charge in [-0.15, -0.1) is 0 Å². The number of fused-ring (bicyclic) bond motifs is 6. The lowest BCUT2D eigenvalue weighted by molar-refractivity contribution is 0.711. The second-order valence-corrected chi connectivity index (χ2v) is 7.53. The van der Waals surface area contributed by atoms with Crippen molar-refractivity contribution < 1.29 is 0 Å². The van der Waals surface area contributed by atoms with Crippen molar-refractivity contribution >= 4 is 21.8 Å². The highest BCUT2D eigenvalue weighted by Crippen LogP contribution is 2.40. The molecule has 3 aromatic carbocycles. The van der Waals surface area contributed by atoms with Gasteiger partial charge in [-0.3, -0.25) is 4.79 Å². The van der Waals surface area contributed by atoms with Crippen molar-refractivity contribution in [2.75, 3.05) is 5.43 Å². The van der Waals surface area contributed by atoms with Crippen molar-refractivity contribution in [2.24, 2.45) is 0 Å². The summed E-state index contributed by atoms with van der Waals surface area (Å²) in [6.07, 6.45) is 0. The molecule has 1 atom stereocenters. The number of rotatable bonds is 1. The summed E-state index contributed by atoms with van der Waals surface area (Å²) in [5.74, 6) is 0.614. The third kappa shape index (κ3) is 2.27.